The monoisotopic (exact) mass is 1070 g/mol. The maximum Gasteiger partial charge on any atom is 0.274 e. The highest BCUT2D eigenvalue weighted by Gasteiger charge is 2.47. The van der Waals surface area contributed by atoms with E-state index in [1.165, 1.54) is 90.9 Å². The van der Waals surface area contributed by atoms with Crippen molar-refractivity contribution in [3.63, 3.8) is 0 Å². The van der Waals surface area contributed by atoms with Gasteiger partial charge in [0, 0.05) is 37.1 Å². The van der Waals surface area contributed by atoms with Crippen LogP contribution in [0.3, 0.4) is 0 Å². The molecule has 0 aromatic carbocycles. The summed E-state index contributed by atoms with van der Waals surface area (Å²) in [7, 11) is -17.6. The molecule has 29 heteroatoms. The van der Waals surface area contributed by atoms with Crippen LogP contribution in [0.2, 0.25) is 0 Å². The Morgan fingerprint density at radius 2 is 1.46 bits per heavy atom. The van der Waals surface area contributed by atoms with Gasteiger partial charge in [0.05, 0.1) is 33.5 Å². The number of hydrogen-bond acceptors (Lipinski definition) is 23. The first-order valence-corrected chi connectivity index (χ1v) is 29.0. The molecule has 1 aliphatic heterocycles. The second kappa shape index (κ2) is 30.7. The molecule has 1 saturated heterocycles. The average Bonchev–Trinajstić information content (AvgIpc) is 3.84. The molecule has 0 bridgehead atoms. The molecule has 0 saturated carbocycles. The molecule has 0 aliphatic carbocycles. The molecular formula is C41H70N7O18P3S-4. The summed E-state index contributed by atoms with van der Waals surface area (Å²) >= 11 is 0.991. The number of nitrogen functional groups attached to an aromatic ring is 1. The summed E-state index contributed by atoms with van der Waals surface area (Å²) in [5.41, 5.74) is 4.07. The van der Waals surface area contributed by atoms with Gasteiger partial charge in [0.25, 0.3) is 15.6 Å². The van der Waals surface area contributed by atoms with Crippen LogP contribution in [0.4, 0.5) is 5.82 Å². The van der Waals surface area contributed by atoms with Gasteiger partial charge in [-0.25, -0.2) is 19.3 Å². The number of phosphoric ester groups is 3. The predicted molar refractivity (Wildman–Crippen MR) is 248 cm³/mol. The van der Waals surface area contributed by atoms with Crippen LogP contribution in [0, 0.1) is 5.41 Å². The van der Waals surface area contributed by atoms with Gasteiger partial charge in [-0.1, -0.05) is 129 Å². The molecule has 1 fully saturated rings. The molecule has 2 amide bonds. The molecule has 0 radical (unpaired) electrons. The molecule has 7 N–H and O–H groups in total. The van der Waals surface area contributed by atoms with E-state index in [0.29, 0.717) is 6.42 Å². The van der Waals surface area contributed by atoms with Crippen LogP contribution < -0.4 is 35.9 Å². The number of amides is 2. The minimum absolute atomic E-state index is 0.0175. The molecule has 70 heavy (non-hydrogen) atoms. The molecule has 8 atom stereocenters. The molecule has 2 aromatic rings. The fourth-order valence-electron chi connectivity index (χ4n) is 7.38. The number of thioether (sulfide) groups is 1. The number of aromatic nitrogens is 4. The number of imidazole rings is 1. The van der Waals surface area contributed by atoms with Gasteiger partial charge in [-0.05, 0) is 6.42 Å². The number of nitrogens with one attached hydrogen (secondary N) is 2. The Balaban J connectivity index is 1.28. The normalized spacial score (nSPS) is 20.2. The van der Waals surface area contributed by atoms with Crippen LogP contribution in [0.15, 0.2) is 12.7 Å². The Bertz CT molecular complexity index is 2070. The zero-order valence-corrected chi connectivity index (χ0v) is 43.5. The van der Waals surface area contributed by atoms with Gasteiger partial charge in [-0.3, -0.25) is 28.1 Å². The van der Waals surface area contributed by atoms with Crippen molar-refractivity contribution < 1.29 is 85.6 Å². The van der Waals surface area contributed by atoms with Crippen molar-refractivity contribution in [2.45, 2.75) is 173 Å². The van der Waals surface area contributed by atoms with Crippen LogP contribution in [-0.2, 0) is 50.7 Å². The van der Waals surface area contributed by atoms with Gasteiger partial charge < -0.3 is 74.1 Å². The molecule has 2 aromatic heterocycles. The molecule has 0 spiro atoms. The van der Waals surface area contributed by atoms with E-state index in [1.54, 1.807) is 0 Å². The lowest BCUT2D eigenvalue weighted by Gasteiger charge is -2.36. The van der Waals surface area contributed by atoms with Gasteiger partial charge in [0.2, 0.25) is 11.8 Å². The van der Waals surface area contributed by atoms with Gasteiger partial charge in [-0.15, -0.1) is 0 Å². The topological polar surface area (TPSA) is 395 Å². The second-order valence-corrected chi connectivity index (χ2v) is 23.0. The number of aliphatic hydroxyl groups is 3. The lowest BCUT2D eigenvalue weighted by atomic mass is 9.87. The first-order chi connectivity index (χ1) is 32.9. The van der Waals surface area contributed by atoms with E-state index in [4.69, 9.17) is 10.5 Å². The molecule has 402 valence electrons. The van der Waals surface area contributed by atoms with Crippen LogP contribution in [0.1, 0.15) is 143 Å². The zero-order valence-electron chi connectivity index (χ0n) is 40.0. The number of rotatable bonds is 37. The Kier molecular flexibility index (Phi) is 27.1. The Morgan fingerprint density at radius 1 is 0.871 bits per heavy atom. The standard InChI is InChI=1S/C41H74N7O18P3S/c1-4-5-6-7-8-9-10-11-12-13-14-15-16-17-18-19-29(49)24-32(51)70-23-22-43-31(50)20-21-44-39(54)36(53)41(2,3)26-63-69(60,61)66-68(58,59)62-25-30-35(65-67(55,56)57)34(52)40(64-30)48-28-47-33-37(42)45-27-46-38(33)48/h27-30,34-36,40,49,52-53H,4-26H2,1-3H3,(H,43,50)(H,44,54)(H,58,59)(H,60,61)(H2,42,45,46)(H2,55,56,57)/p-4/t29-,30-,34-,35-,36+,40-/m1/s1. The number of unbranched alkanes of at least 4 members (excludes halogenated alkanes) is 14. The van der Waals surface area contributed by atoms with Gasteiger partial charge in [0.15, 0.2) is 22.8 Å². The molecule has 1 aliphatic rings. The smallest absolute Gasteiger partial charge is 0.274 e. The first-order valence-electron chi connectivity index (χ1n) is 23.6. The minimum Gasteiger partial charge on any atom is -0.790 e. The van der Waals surface area contributed by atoms with Crippen LogP contribution in [0.5, 0.6) is 0 Å². The van der Waals surface area contributed by atoms with Crippen molar-refractivity contribution in [2.75, 3.05) is 37.8 Å². The summed E-state index contributed by atoms with van der Waals surface area (Å²) < 4.78 is 60.8. The number of hydrogen-bond donors (Lipinski definition) is 6. The lowest BCUT2D eigenvalue weighted by Crippen LogP contribution is -2.46. The third-order valence-electron chi connectivity index (χ3n) is 11.3. The Morgan fingerprint density at radius 3 is 2.06 bits per heavy atom. The lowest BCUT2D eigenvalue weighted by molar-refractivity contribution is -0.347. The van der Waals surface area contributed by atoms with E-state index >= 15 is 0 Å². The zero-order chi connectivity index (χ0) is 52.0. The van der Waals surface area contributed by atoms with Crippen molar-refractivity contribution in [3.8, 4) is 0 Å². The van der Waals surface area contributed by atoms with Crippen LogP contribution in [0.25, 0.3) is 11.2 Å². The maximum atomic E-state index is 12.7. The van der Waals surface area contributed by atoms with E-state index in [9.17, 15) is 63.0 Å². The fraction of sp³-hybridized carbons (Fsp3) is 0.805. The summed E-state index contributed by atoms with van der Waals surface area (Å²) in [5, 5.41) is 36.5. The van der Waals surface area contributed by atoms with Crippen LogP contribution >= 0.6 is 35.2 Å². The van der Waals surface area contributed by atoms with Gasteiger partial charge >= 0.3 is 0 Å². The fourth-order valence-corrected chi connectivity index (χ4v) is 10.9. The number of phosphoric acid groups is 3. The number of carbonyl (C=O) groups is 3. The molecule has 25 nitrogen and oxygen atoms in total. The Labute approximate surface area is 412 Å². The van der Waals surface area contributed by atoms with E-state index in [1.807, 2.05) is 0 Å². The quantitative estimate of drug-likeness (QED) is 0.0417. The molecule has 2 unspecified atom stereocenters. The minimum atomic E-state index is -5.93. The third kappa shape index (κ3) is 23.2. The van der Waals surface area contributed by atoms with E-state index in [-0.39, 0.29) is 53.8 Å². The van der Waals surface area contributed by atoms with E-state index < -0.39 is 90.7 Å². The number of nitrogens with two attached hydrogens (primary N) is 1. The number of nitrogens with zero attached hydrogens (tertiary/aromatic N) is 4. The molecular weight excluding hydrogens is 1000 g/mol. The SMILES string of the molecule is CCCCCCCCCCCCCCCCC[C@@H](O)CC(=O)SCCNC(=O)CCNC(=O)[C@H](O)C(C)(C)COP(=O)([O-])OP(=O)([O-])OC[C@H]1O[C@@H](n2cnc3c(N)ncnc32)[C@H](O)[C@@H]1OP(=O)([O-])[O-]. The third-order valence-corrected chi connectivity index (χ3v) is 15.2. The van der Waals surface area contributed by atoms with Crippen molar-refractivity contribution in [1.29, 1.82) is 0 Å². The summed E-state index contributed by atoms with van der Waals surface area (Å²) in [6.45, 7) is 2.25. The highest BCUT2D eigenvalue weighted by molar-refractivity contribution is 8.13. The molecule has 3 rings (SSSR count). The van der Waals surface area contributed by atoms with E-state index in [2.05, 4.69) is 50.4 Å². The highest BCUT2D eigenvalue weighted by atomic mass is 32.2. The van der Waals surface area contributed by atoms with Gasteiger partial charge in [-0.2, -0.15) is 0 Å². The van der Waals surface area contributed by atoms with Gasteiger partial charge in [0.1, 0.15) is 36.3 Å². The predicted octanol–water partition coefficient (Wildman–Crippen LogP) is 2.15. The summed E-state index contributed by atoms with van der Waals surface area (Å²) in [6.07, 6.45) is 10.9. The number of anilines is 1. The number of carbonyl (C=O) groups excluding carboxylic acids is 3. The van der Waals surface area contributed by atoms with E-state index in [0.717, 1.165) is 48.2 Å². The summed E-state index contributed by atoms with van der Waals surface area (Å²) in [6, 6.07) is 0. The van der Waals surface area contributed by atoms with Crippen molar-refractivity contribution >= 4 is 69.1 Å². The van der Waals surface area contributed by atoms with Crippen LogP contribution in [-0.4, -0.2) is 114 Å². The maximum absolute atomic E-state index is 12.7. The van der Waals surface area contributed by atoms with Crippen molar-refractivity contribution in [2.24, 2.45) is 5.41 Å². The number of fused-ring (bicyclic) bond motifs is 1. The van der Waals surface area contributed by atoms with Crippen molar-refractivity contribution in [3.05, 3.63) is 12.7 Å². The largest absolute Gasteiger partial charge is 0.790 e. The second-order valence-electron chi connectivity index (χ2n) is 17.8. The first kappa shape index (κ1) is 61.8. The average molecular weight is 1070 g/mol. The summed E-state index contributed by atoms with van der Waals surface area (Å²) in [5.74, 6) is -1.32. The summed E-state index contributed by atoms with van der Waals surface area (Å²) in [4.78, 5) is 97.0. The van der Waals surface area contributed by atoms with Crippen molar-refractivity contribution in [1.82, 2.24) is 30.2 Å². The Hall–Kier alpha value is -2.48. The number of ether oxygens (including phenoxy) is 1. The molecule has 3 heterocycles. The number of aliphatic hydroxyl groups excluding tert-OH is 3. The highest BCUT2D eigenvalue weighted by Crippen LogP contribution is 2.56.